The van der Waals surface area contributed by atoms with E-state index in [1.807, 2.05) is 0 Å². The normalized spacial score (nSPS) is 37.9. The van der Waals surface area contributed by atoms with Crippen molar-refractivity contribution < 1.29 is 4.79 Å². The van der Waals surface area contributed by atoms with Crippen molar-refractivity contribution in [1.82, 2.24) is 0 Å². The second-order valence-electron chi connectivity index (χ2n) is 5.77. The van der Waals surface area contributed by atoms with Gasteiger partial charge in [-0.05, 0) is 31.1 Å². The van der Waals surface area contributed by atoms with Gasteiger partial charge in [0.1, 0.15) is 5.78 Å². The van der Waals surface area contributed by atoms with Crippen molar-refractivity contribution in [1.29, 1.82) is 0 Å². The number of hydrogen-bond acceptors (Lipinski definition) is 1. The van der Waals surface area contributed by atoms with Gasteiger partial charge in [0.25, 0.3) is 0 Å². The van der Waals surface area contributed by atoms with Gasteiger partial charge in [0.05, 0.1) is 0 Å². The van der Waals surface area contributed by atoms with Crippen LogP contribution >= 0.6 is 0 Å². The molecule has 0 aliphatic heterocycles. The quantitative estimate of drug-likeness (QED) is 0.671. The Morgan fingerprint density at radius 1 is 1.07 bits per heavy atom. The first-order chi connectivity index (χ1) is 7.25. The van der Waals surface area contributed by atoms with Crippen molar-refractivity contribution in [3.63, 3.8) is 0 Å². The Morgan fingerprint density at radius 3 is 2.47 bits per heavy atom. The molecule has 15 heavy (non-hydrogen) atoms. The van der Waals surface area contributed by atoms with Gasteiger partial charge in [-0.3, -0.25) is 4.79 Å². The summed E-state index contributed by atoms with van der Waals surface area (Å²) in [6, 6.07) is 0. The van der Waals surface area contributed by atoms with Gasteiger partial charge in [-0.25, -0.2) is 0 Å². The minimum absolute atomic E-state index is 0.442. The average molecular weight is 208 g/mol. The summed E-state index contributed by atoms with van der Waals surface area (Å²) < 4.78 is 0. The van der Waals surface area contributed by atoms with Gasteiger partial charge in [0.2, 0.25) is 0 Å². The van der Waals surface area contributed by atoms with Crippen LogP contribution in [0.5, 0.6) is 0 Å². The van der Waals surface area contributed by atoms with Gasteiger partial charge in [0, 0.05) is 12.3 Å². The van der Waals surface area contributed by atoms with Gasteiger partial charge in [-0.15, -0.1) is 0 Å². The number of carbonyl (C=O) groups excluding carboxylic acids is 1. The molecule has 0 saturated heterocycles. The Balaban J connectivity index is 1.78. The zero-order valence-electron chi connectivity index (χ0n) is 10.0. The largest absolute Gasteiger partial charge is 0.299 e. The molecule has 2 aliphatic rings. The lowest BCUT2D eigenvalue weighted by Gasteiger charge is -2.30. The summed E-state index contributed by atoms with van der Waals surface area (Å²) in [6.07, 6.45) is 11.3. The molecule has 2 fully saturated rings. The molecule has 1 heteroatoms. The van der Waals surface area contributed by atoms with E-state index in [-0.39, 0.29) is 0 Å². The first kappa shape index (κ1) is 11.2. The van der Waals surface area contributed by atoms with Crippen LogP contribution in [0.4, 0.5) is 0 Å². The van der Waals surface area contributed by atoms with E-state index in [0.29, 0.717) is 11.7 Å². The summed E-state index contributed by atoms with van der Waals surface area (Å²) in [4.78, 5) is 11.7. The summed E-state index contributed by atoms with van der Waals surface area (Å²) in [5.41, 5.74) is 0. The van der Waals surface area contributed by atoms with Crippen molar-refractivity contribution >= 4 is 5.78 Å². The van der Waals surface area contributed by atoms with Gasteiger partial charge < -0.3 is 0 Å². The second-order valence-corrected chi connectivity index (χ2v) is 5.77. The fourth-order valence-electron chi connectivity index (χ4n) is 3.27. The summed E-state index contributed by atoms with van der Waals surface area (Å²) >= 11 is 0. The maximum atomic E-state index is 11.7. The topological polar surface area (TPSA) is 17.1 Å². The highest BCUT2D eigenvalue weighted by atomic mass is 16.1. The Bertz CT molecular complexity index is 213. The molecular formula is C14H24O. The van der Waals surface area contributed by atoms with Crippen molar-refractivity contribution in [3.05, 3.63) is 0 Å². The van der Waals surface area contributed by atoms with Crippen LogP contribution in [0.1, 0.15) is 64.7 Å². The molecule has 1 nitrogen and oxygen atoms in total. The standard InChI is InChI=1S/C14H24O/c1-11-6-8-12(9-7-11)10-13-4-2-3-5-14(13)15/h11-13H,2-10H2,1H3. The van der Waals surface area contributed by atoms with Crippen LogP contribution in [0.15, 0.2) is 0 Å². The number of hydrogen-bond donors (Lipinski definition) is 0. The van der Waals surface area contributed by atoms with E-state index in [9.17, 15) is 4.79 Å². The van der Waals surface area contributed by atoms with E-state index in [1.165, 1.54) is 44.9 Å². The van der Waals surface area contributed by atoms with E-state index in [1.54, 1.807) is 0 Å². The molecule has 2 aliphatic carbocycles. The molecule has 0 aromatic carbocycles. The molecule has 1 unspecified atom stereocenters. The fourth-order valence-corrected chi connectivity index (χ4v) is 3.27. The second kappa shape index (κ2) is 5.14. The molecule has 0 aromatic heterocycles. The molecule has 2 rings (SSSR count). The number of ketones is 1. The monoisotopic (exact) mass is 208 g/mol. The van der Waals surface area contributed by atoms with Crippen LogP contribution in [0, 0.1) is 17.8 Å². The molecule has 0 spiro atoms. The summed E-state index contributed by atoms with van der Waals surface area (Å²) in [5, 5.41) is 0. The van der Waals surface area contributed by atoms with Crippen LogP contribution in [-0.2, 0) is 4.79 Å². The molecule has 0 N–H and O–H groups in total. The Morgan fingerprint density at radius 2 is 1.80 bits per heavy atom. The van der Waals surface area contributed by atoms with Crippen molar-refractivity contribution in [2.45, 2.75) is 64.7 Å². The minimum Gasteiger partial charge on any atom is -0.299 e. The van der Waals surface area contributed by atoms with Crippen LogP contribution < -0.4 is 0 Å². The molecule has 1 atom stereocenters. The van der Waals surface area contributed by atoms with Crippen LogP contribution in [0.2, 0.25) is 0 Å². The highest BCUT2D eigenvalue weighted by Crippen LogP contribution is 2.35. The molecule has 86 valence electrons. The third-order valence-corrected chi connectivity index (χ3v) is 4.43. The average Bonchev–Trinajstić information content (AvgIpc) is 2.25. The molecule has 0 heterocycles. The van der Waals surface area contributed by atoms with E-state index in [2.05, 4.69) is 6.92 Å². The van der Waals surface area contributed by atoms with Crippen molar-refractivity contribution in [2.75, 3.05) is 0 Å². The lowest BCUT2D eigenvalue weighted by Crippen LogP contribution is -2.23. The van der Waals surface area contributed by atoms with Gasteiger partial charge >= 0.3 is 0 Å². The van der Waals surface area contributed by atoms with E-state index < -0.39 is 0 Å². The van der Waals surface area contributed by atoms with Gasteiger partial charge in [0.15, 0.2) is 0 Å². The van der Waals surface area contributed by atoms with E-state index >= 15 is 0 Å². The Labute approximate surface area is 93.6 Å². The third-order valence-electron chi connectivity index (χ3n) is 4.43. The third kappa shape index (κ3) is 3.06. The van der Waals surface area contributed by atoms with E-state index in [0.717, 1.165) is 24.7 Å². The Kier molecular flexibility index (Phi) is 3.82. The number of carbonyl (C=O) groups is 1. The van der Waals surface area contributed by atoms with Crippen molar-refractivity contribution in [3.8, 4) is 0 Å². The van der Waals surface area contributed by atoms with Crippen LogP contribution in [-0.4, -0.2) is 5.78 Å². The SMILES string of the molecule is CC1CCC(CC2CCCCC2=O)CC1. The number of rotatable bonds is 2. The number of Topliss-reactive ketones (excluding diaryl/α,β-unsaturated/α-hetero) is 1. The molecule has 0 bridgehead atoms. The molecule has 0 amide bonds. The zero-order valence-corrected chi connectivity index (χ0v) is 10.0. The smallest absolute Gasteiger partial charge is 0.135 e. The molecule has 0 aromatic rings. The van der Waals surface area contributed by atoms with Crippen LogP contribution in [0.3, 0.4) is 0 Å². The summed E-state index contributed by atoms with van der Waals surface area (Å²) in [7, 11) is 0. The highest BCUT2D eigenvalue weighted by Gasteiger charge is 2.27. The van der Waals surface area contributed by atoms with Gasteiger partial charge in [-0.1, -0.05) is 39.0 Å². The first-order valence-electron chi connectivity index (χ1n) is 6.78. The Hall–Kier alpha value is -0.330. The lowest BCUT2D eigenvalue weighted by atomic mass is 9.75. The van der Waals surface area contributed by atoms with E-state index in [4.69, 9.17) is 0 Å². The molecular weight excluding hydrogens is 184 g/mol. The minimum atomic E-state index is 0.442. The fraction of sp³-hybridized carbons (Fsp3) is 0.929. The van der Waals surface area contributed by atoms with Gasteiger partial charge in [-0.2, -0.15) is 0 Å². The predicted octanol–water partition coefficient (Wildman–Crippen LogP) is 3.96. The molecule has 0 radical (unpaired) electrons. The van der Waals surface area contributed by atoms with Crippen molar-refractivity contribution in [2.24, 2.45) is 17.8 Å². The summed E-state index contributed by atoms with van der Waals surface area (Å²) in [5.74, 6) is 2.81. The maximum Gasteiger partial charge on any atom is 0.135 e. The predicted molar refractivity (Wildman–Crippen MR) is 62.7 cm³/mol. The summed E-state index contributed by atoms with van der Waals surface area (Å²) in [6.45, 7) is 2.36. The zero-order chi connectivity index (χ0) is 10.7. The van der Waals surface area contributed by atoms with Crippen LogP contribution in [0.25, 0.3) is 0 Å². The first-order valence-corrected chi connectivity index (χ1v) is 6.78. The lowest BCUT2D eigenvalue weighted by molar-refractivity contribution is -0.125. The maximum absolute atomic E-state index is 11.7. The highest BCUT2D eigenvalue weighted by molar-refractivity contribution is 5.81. The molecule has 2 saturated carbocycles.